The van der Waals surface area contributed by atoms with Crippen LogP contribution in [0.15, 0.2) is 6.20 Å². The molecule has 0 aliphatic carbocycles. The Kier molecular flexibility index (Phi) is 2.98. The molecule has 2 unspecified atom stereocenters. The summed E-state index contributed by atoms with van der Waals surface area (Å²) in [5.41, 5.74) is 1.56. The number of likely N-dealkylation sites (tertiary alicyclic amines) is 2. The van der Waals surface area contributed by atoms with Crippen molar-refractivity contribution in [1.82, 2.24) is 19.4 Å². The maximum Gasteiger partial charge on any atom is 0.122 e. The van der Waals surface area contributed by atoms with Gasteiger partial charge in [0.1, 0.15) is 5.82 Å². The van der Waals surface area contributed by atoms with Crippen LogP contribution in [-0.4, -0.2) is 50.1 Å². The van der Waals surface area contributed by atoms with Crippen molar-refractivity contribution in [3.8, 4) is 0 Å². The van der Waals surface area contributed by atoms with Crippen LogP contribution in [0.5, 0.6) is 0 Å². The van der Waals surface area contributed by atoms with Gasteiger partial charge in [0.25, 0.3) is 0 Å². The van der Waals surface area contributed by atoms with Gasteiger partial charge in [0.15, 0.2) is 0 Å². The van der Waals surface area contributed by atoms with Crippen molar-refractivity contribution in [2.24, 2.45) is 7.05 Å². The molecular weight excluding hydrogens is 236 g/mol. The van der Waals surface area contributed by atoms with Gasteiger partial charge in [0, 0.05) is 49.7 Å². The third-order valence-corrected chi connectivity index (χ3v) is 4.93. The highest BCUT2D eigenvalue weighted by molar-refractivity contribution is 5.08. The molecule has 3 heterocycles. The molecule has 4 nitrogen and oxygen atoms in total. The van der Waals surface area contributed by atoms with E-state index < -0.39 is 0 Å². The summed E-state index contributed by atoms with van der Waals surface area (Å²) in [6.07, 6.45) is 3.35. The number of piperidine rings is 1. The fourth-order valence-electron chi connectivity index (χ4n) is 3.35. The maximum atomic E-state index is 4.54. The summed E-state index contributed by atoms with van der Waals surface area (Å²) < 4.78 is 2.22. The number of aryl methyl sites for hydroxylation is 1. The van der Waals surface area contributed by atoms with Crippen molar-refractivity contribution in [2.75, 3.05) is 13.1 Å². The van der Waals surface area contributed by atoms with Gasteiger partial charge in [-0.1, -0.05) is 0 Å². The van der Waals surface area contributed by atoms with E-state index in [1.54, 1.807) is 0 Å². The summed E-state index contributed by atoms with van der Waals surface area (Å²) in [7, 11) is 2.12. The molecule has 2 fully saturated rings. The number of hydrogen-bond donors (Lipinski definition) is 0. The Morgan fingerprint density at radius 1 is 1.26 bits per heavy atom. The summed E-state index contributed by atoms with van der Waals surface area (Å²) in [6, 6.07) is 1.46. The Hall–Kier alpha value is -0.870. The van der Waals surface area contributed by atoms with Gasteiger partial charge in [0.2, 0.25) is 0 Å². The fraction of sp³-hybridized carbons (Fsp3) is 0.800. The second-order valence-corrected chi connectivity index (χ2v) is 7.17. The molecule has 2 bridgehead atoms. The van der Waals surface area contributed by atoms with Gasteiger partial charge in [0.05, 0.1) is 6.54 Å². The quantitative estimate of drug-likeness (QED) is 0.812. The number of aromatic nitrogens is 2. The highest BCUT2D eigenvalue weighted by atomic mass is 15.4. The molecule has 2 aliphatic rings. The monoisotopic (exact) mass is 262 g/mol. The minimum absolute atomic E-state index is 0.308. The summed E-state index contributed by atoms with van der Waals surface area (Å²) in [6.45, 7) is 12.5. The summed E-state index contributed by atoms with van der Waals surface area (Å²) in [5, 5.41) is 0. The van der Waals surface area contributed by atoms with E-state index in [-0.39, 0.29) is 0 Å². The number of piperazine rings is 1. The molecule has 2 atom stereocenters. The Labute approximate surface area is 116 Å². The topological polar surface area (TPSA) is 24.3 Å². The van der Waals surface area contributed by atoms with E-state index in [1.807, 2.05) is 6.20 Å². The van der Waals surface area contributed by atoms with Gasteiger partial charge in [-0.05, 0) is 34.1 Å². The van der Waals surface area contributed by atoms with Gasteiger partial charge in [-0.25, -0.2) is 4.98 Å². The normalized spacial score (nSPS) is 28.5. The zero-order chi connectivity index (χ0) is 13.8. The first-order valence-electron chi connectivity index (χ1n) is 7.34. The van der Waals surface area contributed by atoms with Gasteiger partial charge < -0.3 is 4.57 Å². The Balaban J connectivity index is 1.66. The van der Waals surface area contributed by atoms with Gasteiger partial charge >= 0.3 is 0 Å². The van der Waals surface area contributed by atoms with Crippen molar-refractivity contribution in [2.45, 2.75) is 58.3 Å². The number of nitrogens with zero attached hydrogens (tertiary/aromatic N) is 4. The van der Waals surface area contributed by atoms with Crippen LogP contribution >= 0.6 is 0 Å². The molecule has 0 aromatic carbocycles. The van der Waals surface area contributed by atoms with E-state index in [1.165, 1.54) is 31.0 Å². The third-order valence-electron chi connectivity index (χ3n) is 4.93. The van der Waals surface area contributed by atoms with Crippen LogP contribution in [0.2, 0.25) is 0 Å². The van der Waals surface area contributed by atoms with Gasteiger partial charge in [-0.3, -0.25) is 9.80 Å². The lowest BCUT2D eigenvalue weighted by molar-refractivity contribution is -0.101. The average molecular weight is 262 g/mol. The van der Waals surface area contributed by atoms with E-state index in [2.05, 4.69) is 54.1 Å². The summed E-state index contributed by atoms with van der Waals surface area (Å²) in [5.74, 6) is 1.21. The molecule has 4 heteroatoms. The minimum Gasteiger partial charge on any atom is -0.334 e. The highest BCUT2D eigenvalue weighted by Gasteiger charge is 2.46. The average Bonchev–Trinajstić information content (AvgIpc) is 2.66. The lowest BCUT2D eigenvalue weighted by atomic mass is 9.85. The molecule has 2 saturated heterocycles. The van der Waals surface area contributed by atoms with Crippen molar-refractivity contribution in [1.29, 1.82) is 0 Å². The molecule has 0 spiro atoms. The predicted octanol–water partition coefficient (Wildman–Crippen LogP) is 1.79. The lowest BCUT2D eigenvalue weighted by Crippen LogP contribution is -2.70. The molecule has 106 valence electrons. The lowest BCUT2D eigenvalue weighted by Gasteiger charge is -2.59. The molecule has 2 aliphatic heterocycles. The molecule has 3 rings (SSSR count). The Morgan fingerprint density at radius 3 is 2.37 bits per heavy atom. The molecule has 19 heavy (non-hydrogen) atoms. The van der Waals surface area contributed by atoms with Crippen LogP contribution in [0.3, 0.4) is 0 Å². The number of hydrogen-bond acceptors (Lipinski definition) is 3. The van der Waals surface area contributed by atoms with E-state index in [4.69, 9.17) is 0 Å². The van der Waals surface area contributed by atoms with Crippen LogP contribution in [0.25, 0.3) is 0 Å². The highest BCUT2D eigenvalue weighted by Crippen LogP contribution is 2.36. The number of fused-ring (bicyclic) bond motifs is 2. The van der Waals surface area contributed by atoms with Crippen molar-refractivity contribution in [3.05, 3.63) is 17.7 Å². The second kappa shape index (κ2) is 4.32. The second-order valence-electron chi connectivity index (χ2n) is 7.17. The van der Waals surface area contributed by atoms with Gasteiger partial charge in [-0.2, -0.15) is 0 Å². The van der Waals surface area contributed by atoms with Crippen LogP contribution in [0.1, 0.15) is 38.7 Å². The third kappa shape index (κ3) is 2.21. The van der Waals surface area contributed by atoms with Crippen LogP contribution in [0, 0.1) is 6.92 Å². The Bertz CT molecular complexity index is 459. The molecule has 1 aromatic heterocycles. The number of imidazole rings is 1. The van der Waals surface area contributed by atoms with Crippen molar-refractivity contribution in [3.63, 3.8) is 0 Å². The first-order chi connectivity index (χ1) is 8.86. The molecular formula is C15H26N4. The van der Waals surface area contributed by atoms with Crippen LogP contribution in [0.4, 0.5) is 0 Å². The summed E-state index contributed by atoms with van der Waals surface area (Å²) >= 11 is 0. The van der Waals surface area contributed by atoms with Crippen LogP contribution < -0.4 is 0 Å². The molecule has 0 N–H and O–H groups in total. The largest absolute Gasteiger partial charge is 0.334 e. The minimum atomic E-state index is 0.308. The van der Waals surface area contributed by atoms with Crippen LogP contribution in [-0.2, 0) is 13.6 Å². The zero-order valence-corrected chi connectivity index (χ0v) is 12.8. The maximum absolute atomic E-state index is 4.54. The standard InChI is InChI=1S/C15H26N4/c1-11-7-16-14(17(11)5)10-19-12-6-13(19)9-18(8-12)15(2,3)4/h7,12-13H,6,8-10H2,1-5H3. The van der Waals surface area contributed by atoms with Crippen molar-refractivity contribution < 1.29 is 0 Å². The van der Waals surface area contributed by atoms with Crippen molar-refractivity contribution >= 4 is 0 Å². The molecule has 0 amide bonds. The van der Waals surface area contributed by atoms with Gasteiger partial charge in [-0.15, -0.1) is 0 Å². The SMILES string of the molecule is Cc1cnc(CN2C3CC2CN(C(C)(C)C)C3)n1C. The summed E-state index contributed by atoms with van der Waals surface area (Å²) in [4.78, 5) is 9.81. The predicted molar refractivity (Wildman–Crippen MR) is 77.0 cm³/mol. The number of rotatable bonds is 2. The van der Waals surface area contributed by atoms with E-state index >= 15 is 0 Å². The first kappa shape index (κ1) is 13.1. The van der Waals surface area contributed by atoms with E-state index in [9.17, 15) is 0 Å². The fourth-order valence-corrected chi connectivity index (χ4v) is 3.35. The Morgan fingerprint density at radius 2 is 1.89 bits per heavy atom. The zero-order valence-electron chi connectivity index (χ0n) is 12.8. The molecule has 1 aromatic rings. The smallest absolute Gasteiger partial charge is 0.122 e. The van der Waals surface area contributed by atoms with E-state index in [0.29, 0.717) is 5.54 Å². The molecule has 0 saturated carbocycles. The van der Waals surface area contributed by atoms with E-state index in [0.717, 1.165) is 18.6 Å². The first-order valence-corrected chi connectivity index (χ1v) is 7.34. The molecule has 0 radical (unpaired) electrons.